The number of aromatic nitrogens is 3. The summed E-state index contributed by atoms with van der Waals surface area (Å²) in [6, 6.07) is 0. The van der Waals surface area contributed by atoms with E-state index in [9.17, 15) is 0 Å². The summed E-state index contributed by atoms with van der Waals surface area (Å²) in [7, 11) is 3.34. The molecule has 0 aliphatic heterocycles. The number of ether oxygens (including phenoxy) is 2. The van der Waals surface area contributed by atoms with Crippen LogP contribution in [0.25, 0.3) is 0 Å². The quantitative estimate of drug-likeness (QED) is 0.718. The first-order chi connectivity index (χ1) is 7.74. The molecule has 92 valence electrons. The lowest BCUT2D eigenvalue weighted by molar-refractivity contribution is 0.107. The monoisotopic (exact) mass is 228 g/mol. The summed E-state index contributed by atoms with van der Waals surface area (Å²) in [5.74, 6) is 0. The second-order valence-electron chi connectivity index (χ2n) is 3.55. The van der Waals surface area contributed by atoms with Crippen molar-refractivity contribution in [3.63, 3.8) is 0 Å². The van der Waals surface area contributed by atoms with Gasteiger partial charge in [-0.3, -0.25) is 0 Å². The summed E-state index contributed by atoms with van der Waals surface area (Å²) in [6.07, 6.45) is 0.684. The van der Waals surface area contributed by atoms with Crippen LogP contribution >= 0.6 is 0 Å². The Bertz CT molecular complexity index is 314. The zero-order valence-electron chi connectivity index (χ0n) is 10.1. The predicted molar refractivity (Wildman–Crippen MR) is 60.1 cm³/mol. The fourth-order valence-corrected chi connectivity index (χ4v) is 1.57. The van der Waals surface area contributed by atoms with Gasteiger partial charge in [0, 0.05) is 20.6 Å². The van der Waals surface area contributed by atoms with Crippen molar-refractivity contribution in [3.05, 3.63) is 11.4 Å². The van der Waals surface area contributed by atoms with Crippen molar-refractivity contribution in [2.75, 3.05) is 27.4 Å². The number of nitrogens with zero attached hydrogens (tertiary/aromatic N) is 3. The molecule has 1 heterocycles. The van der Waals surface area contributed by atoms with E-state index in [2.05, 4.69) is 10.3 Å². The van der Waals surface area contributed by atoms with E-state index in [0.717, 1.165) is 17.8 Å². The molecular formula is C10H20N4O2. The first-order valence-corrected chi connectivity index (χ1v) is 5.38. The Morgan fingerprint density at radius 1 is 1.44 bits per heavy atom. The van der Waals surface area contributed by atoms with Gasteiger partial charge in [-0.2, -0.15) is 0 Å². The molecule has 1 unspecified atom stereocenters. The third-order valence-electron chi connectivity index (χ3n) is 2.47. The SMILES string of the molecule is COCCn1nnc(CCN)c1C(C)OC. The molecular weight excluding hydrogens is 208 g/mol. The first kappa shape index (κ1) is 13.1. The first-order valence-electron chi connectivity index (χ1n) is 5.38. The van der Waals surface area contributed by atoms with Crippen LogP contribution in [-0.2, 0) is 22.4 Å². The van der Waals surface area contributed by atoms with E-state index in [1.54, 1.807) is 14.2 Å². The highest BCUT2D eigenvalue weighted by Crippen LogP contribution is 2.18. The summed E-state index contributed by atoms with van der Waals surface area (Å²) in [5.41, 5.74) is 7.44. The second-order valence-corrected chi connectivity index (χ2v) is 3.55. The Kier molecular flexibility index (Phi) is 5.37. The van der Waals surface area contributed by atoms with Gasteiger partial charge in [0.15, 0.2) is 0 Å². The van der Waals surface area contributed by atoms with Crippen molar-refractivity contribution < 1.29 is 9.47 Å². The number of nitrogens with two attached hydrogens (primary N) is 1. The second kappa shape index (κ2) is 6.57. The van der Waals surface area contributed by atoms with Crippen molar-refractivity contribution >= 4 is 0 Å². The Morgan fingerprint density at radius 2 is 2.19 bits per heavy atom. The molecule has 1 atom stereocenters. The third kappa shape index (κ3) is 3.01. The lowest BCUT2D eigenvalue weighted by atomic mass is 10.2. The van der Waals surface area contributed by atoms with E-state index >= 15 is 0 Å². The van der Waals surface area contributed by atoms with Gasteiger partial charge < -0.3 is 15.2 Å². The van der Waals surface area contributed by atoms with E-state index < -0.39 is 0 Å². The van der Waals surface area contributed by atoms with Crippen molar-refractivity contribution in [2.24, 2.45) is 5.73 Å². The Balaban J connectivity index is 2.89. The number of methoxy groups -OCH3 is 2. The fourth-order valence-electron chi connectivity index (χ4n) is 1.57. The van der Waals surface area contributed by atoms with Crippen LogP contribution < -0.4 is 5.73 Å². The largest absolute Gasteiger partial charge is 0.383 e. The summed E-state index contributed by atoms with van der Waals surface area (Å²) < 4.78 is 12.2. The summed E-state index contributed by atoms with van der Waals surface area (Å²) in [4.78, 5) is 0. The molecule has 0 radical (unpaired) electrons. The predicted octanol–water partition coefficient (Wildman–Crippen LogP) is 0.133. The third-order valence-corrected chi connectivity index (χ3v) is 2.47. The average molecular weight is 228 g/mol. The van der Waals surface area contributed by atoms with E-state index in [4.69, 9.17) is 15.2 Å². The number of rotatable bonds is 7. The molecule has 0 aliphatic carbocycles. The lowest BCUT2D eigenvalue weighted by Crippen LogP contribution is -2.14. The van der Waals surface area contributed by atoms with Gasteiger partial charge in [-0.15, -0.1) is 5.10 Å². The van der Waals surface area contributed by atoms with Crippen LogP contribution in [0.5, 0.6) is 0 Å². The van der Waals surface area contributed by atoms with Gasteiger partial charge in [0.2, 0.25) is 0 Å². The summed E-state index contributed by atoms with van der Waals surface area (Å²) in [5, 5.41) is 8.22. The molecule has 6 heteroatoms. The lowest BCUT2D eigenvalue weighted by Gasteiger charge is -2.13. The zero-order chi connectivity index (χ0) is 12.0. The van der Waals surface area contributed by atoms with Crippen LogP contribution in [0.2, 0.25) is 0 Å². The van der Waals surface area contributed by atoms with E-state index in [1.807, 2.05) is 11.6 Å². The van der Waals surface area contributed by atoms with E-state index in [-0.39, 0.29) is 6.10 Å². The molecule has 16 heavy (non-hydrogen) atoms. The molecule has 2 N–H and O–H groups in total. The minimum absolute atomic E-state index is 0.0339. The van der Waals surface area contributed by atoms with Gasteiger partial charge in [-0.1, -0.05) is 5.21 Å². The van der Waals surface area contributed by atoms with Crippen molar-refractivity contribution in [2.45, 2.75) is 26.0 Å². The normalized spacial score (nSPS) is 13.0. The van der Waals surface area contributed by atoms with Crippen LogP contribution in [0, 0.1) is 0 Å². The molecule has 0 saturated carbocycles. The smallest absolute Gasteiger partial charge is 0.0978 e. The molecule has 0 aliphatic rings. The maximum atomic E-state index is 5.54. The van der Waals surface area contributed by atoms with Crippen LogP contribution in [0.15, 0.2) is 0 Å². The van der Waals surface area contributed by atoms with Gasteiger partial charge in [0.05, 0.1) is 30.6 Å². The topological polar surface area (TPSA) is 75.2 Å². The maximum absolute atomic E-state index is 5.54. The van der Waals surface area contributed by atoms with Gasteiger partial charge >= 0.3 is 0 Å². The highest BCUT2D eigenvalue weighted by atomic mass is 16.5. The number of hydrogen-bond donors (Lipinski definition) is 1. The van der Waals surface area contributed by atoms with Crippen LogP contribution in [0.3, 0.4) is 0 Å². The van der Waals surface area contributed by atoms with Crippen molar-refractivity contribution in [1.82, 2.24) is 15.0 Å². The minimum Gasteiger partial charge on any atom is -0.383 e. The fraction of sp³-hybridized carbons (Fsp3) is 0.800. The molecule has 6 nitrogen and oxygen atoms in total. The van der Waals surface area contributed by atoms with Crippen LogP contribution in [0.1, 0.15) is 24.4 Å². The maximum Gasteiger partial charge on any atom is 0.0978 e. The van der Waals surface area contributed by atoms with E-state index in [1.165, 1.54) is 0 Å². The Hall–Kier alpha value is -0.980. The van der Waals surface area contributed by atoms with E-state index in [0.29, 0.717) is 19.7 Å². The van der Waals surface area contributed by atoms with Crippen molar-refractivity contribution in [3.8, 4) is 0 Å². The summed E-state index contributed by atoms with van der Waals surface area (Å²) >= 11 is 0. The van der Waals surface area contributed by atoms with Crippen LogP contribution in [0.4, 0.5) is 0 Å². The van der Waals surface area contributed by atoms with Gasteiger partial charge in [0.1, 0.15) is 0 Å². The van der Waals surface area contributed by atoms with Gasteiger partial charge in [-0.25, -0.2) is 4.68 Å². The zero-order valence-corrected chi connectivity index (χ0v) is 10.1. The highest BCUT2D eigenvalue weighted by molar-refractivity contribution is 5.13. The van der Waals surface area contributed by atoms with Gasteiger partial charge in [-0.05, 0) is 13.5 Å². The van der Waals surface area contributed by atoms with Crippen molar-refractivity contribution in [1.29, 1.82) is 0 Å². The number of hydrogen-bond acceptors (Lipinski definition) is 5. The Morgan fingerprint density at radius 3 is 2.75 bits per heavy atom. The standard InChI is InChI=1S/C10H20N4O2/c1-8(16-3)10-9(4-5-11)12-13-14(10)6-7-15-2/h8H,4-7,11H2,1-3H3. The average Bonchev–Trinajstić information content (AvgIpc) is 2.69. The summed E-state index contributed by atoms with van der Waals surface area (Å²) in [6.45, 7) is 3.82. The molecule has 0 amide bonds. The van der Waals surface area contributed by atoms with Crippen LogP contribution in [-0.4, -0.2) is 42.4 Å². The molecule has 1 aromatic heterocycles. The Labute approximate surface area is 95.7 Å². The molecule has 1 rings (SSSR count). The molecule has 0 saturated heterocycles. The molecule has 0 fully saturated rings. The van der Waals surface area contributed by atoms with Gasteiger partial charge in [0.25, 0.3) is 0 Å². The molecule has 0 bridgehead atoms. The minimum atomic E-state index is -0.0339. The molecule has 0 spiro atoms. The molecule has 0 aromatic carbocycles. The molecule has 1 aromatic rings. The highest BCUT2D eigenvalue weighted by Gasteiger charge is 2.17.